The molecule has 0 saturated heterocycles. The molecule has 0 spiro atoms. The Morgan fingerprint density at radius 2 is 1.78 bits per heavy atom. The number of rotatable bonds is 4. The van der Waals surface area contributed by atoms with Gasteiger partial charge in [0.1, 0.15) is 6.04 Å². The maximum absolute atomic E-state index is 12.6. The summed E-state index contributed by atoms with van der Waals surface area (Å²) < 4.78 is 88.9. The molecule has 102 valence electrons. The van der Waals surface area contributed by atoms with E-state index in [0.29, 0.717) is 0 Å². The van der Waals surface area contributed by atoms with Crippen LogP contribution in [0, 0.1) is 0 Å². The van der Waals surface area contributed by atoms with Crippen molar-refractivity contribution in [2.45, 2.75) is 38.9 Å². The van der Waals surface area contributed by atoms with Crippen LogP contribution in [0.3, 0.4) is 0 Å². The lowest BCUT2D eigenvalue weighted by Gasteiger charge is -2.17. The number of nitrogens with zero attached hydrogens (tertiary/aromatic N) is 3. The van der Waals surface area contributed by atoms with Crippen LogP contribution in [0.4, 0.5) is 25.1 Å². The molecule has 0 aliphatic carbocycles. The molecule has 1 heterocycles. The Balaban J connectivity index is 3.22. The SMILES string of the molecule is [2H]C([2H])([2H])C([2H])(Nc1nc(Cl)nc(N[C@@H](C)C(F)(F)F)n1)C([2H])([2H])[2H]. The topological polar surface area (TPSA) is 62.7 Å². The van der Waals surface area contributed by atoms with E-state index in [2.05, 4.69) is 15.0 Å². The Bertz CT molecular complexity index is 607. The lowest BCUT2D eigenvalue weighted by atomic mass is 10.3. The molecule has 0 fully saturated rings. The van der Waals surface area contributed by atoms with Crippen LogP contribution >= 0.6 is 11.6 Å². The van der Waals surface area contributed by atoms with Gasteiger partial charge in [0.15, 0.2) is 0 Å². The fraction of sp³-hybridized carbons (Fsp3) is 0.667. The van der Waals surface area contributed by atoms with Gasteiger partial charge in [0.2, 0.25) is 17.2 Å². The second-order valence-electron chi connectivity index (χ2n) is 3.16. The van der Waals surface area contributed by atoms with Gasteiger partial charge in [-0.3, -0.25) is 0 Å². The monoisotopic (exact) mass is 290 g/mol. The first-order chi connectivity index (χ1) is 11.0. The summed E-state index contributed by atoms with van der Waals surface area (Å²) in [5, 5.41) is 3.04. The van der Waals surface area contributed by atoms with Crippen LogP contribution < -0.4 is 10.6 Å². The van der Waals surface area contributed by atoms with Crippen molar-refractivity contribution in [3.05, 3.63) is 5.28 Å². The molecule has 1 aromatic heterocycles. The number of nitrogens with one attached hydrogen (secondary N) is 2. The number of halogens is 4. The quantitative estimate of drug-likeness (QED) is 0.893. The molecule has 0 bridgehead atoms. The summed E-state index contributed by atoms with van der Waals surface area (Å²) in [6.07, 6.45) is -4.64. The van der Waals surface area contributed by atoms with Crippen molar-refractivity contribution in [1.29, 1.82) is 0 Å². The van der Waals surface area contributed by atoms with Crippen molar-refractivity contribution in [1.82, 2.24) is 15.0 Å². The molecule has 1 atom stereocenters. The molecule has 1 aromatic rings. The van der Waals surface area contributed by atoms with E-state index in [-0.39, 0.29) is 0 Å². The molecular formula is C9H13ClF3N5. The molecule has 2 N–H and O–H groups in total. The molecular weight excluding hydrogens is 271 g/mol. The summed E-state index contributed by atoms with van der Waals surface area (Å²) in [5.74, 6) is -1.45. The zero-order valence-corrected chi connectivity index (χ0v) is 9.69. The maximum Gasteiger partial charge on any atom is 0.408 e. The molecule has 0 aliphatic rings. The molecule has 0 aromatic carbocycles. The molecule has 0 saturated carbocycles. The average Bonchev–Trinajstić information content (AvgIpc) is 2.33. The largest absolute Gasteiger partial charge is 0.408 e. The molecule has 0 unspecified atom stereocenters. The first-order valence-electron chi connectivity index (χ1n) is 8.00. The maximum atomic E-state index is 12.6. The smallest absolute Gasteiger partial charge is 0.352 e. The van der Waals surface area contributed by atoms with E-state index in [9.17, 15) is 13.2 Å². The molecule has 9 heteroatoms. The number of hydrogen-bond acceptors (Lipinski definition) is 5. The van der Waals surface area contributed by atoms with Crippen LogP contribution in [0.1, 0.15) is 30.2 Å². The minimum Gasteiger partial charge on any atom is -0.352 e. The zero-order chi connectivity index (χ0) is 19.8. The van der Waals surface area contributed by atoms with E-state index in [1.807, 2.05) is 5.32 Å². The Kier molecular flexibility index (Phi) is 2.26. The summed E-state index contributed by atoms with van der Waals surface area (Å²) in [7, 11) is 0. The standard InChI is InChI=1S/C9H13ClF3N5/c1-4(2)14-7-16-6(10)17-8(18-7)15-5(3)9(11,12)13/h4-5H,1-3H3,(H2,14,15,16,17,18)/t5-/m0/s1/i1D3,2D3,4D. The van der Waals surface area contributed by atoms with Crippen LogP contribution in [0.5, 0.6) is 0 Å². The summed E-state index contributed by atoms with van der Waals surface area (Å²) in [4.78, 5) is 10.2. The fourth-order valence-electron chi connectivity index (χ4n) is 0.858. The van der Waals surface area contributed by atoms with E-state index in [1.165, 1.54) is 0 Å². The van der Waals surface area contributed by atoms with Crippen molar-refractivity contribution in [3.63, 3.8) is 0 Å². The Hall–Kier alpha value is -1.31. The normalized spacial score (nSPS) is 21.3. The van der Waals surface area contributed by atoms with Crippen LogP contribution in [0.15, 0.2) is 0 Å². The third kappa shape index (κ3) is 4.52. The van der Waals surface area contributed by atoms with Gasteiger partial charge in [-0.25, -0.2) is 0 Å². The molecule has 0 radical (unpaired) electrons. The summed E-state index contributed by atoms with van der Waals surface area (Å²) in [6, 6.07) is -5.30. The Morgan fingerprint density at radius 1 is 1.22 bits per heavy atom. The minimum absolute atomic E-state index is 0.632. The molecule has 5 nitrogen and oxygen atoms in total. The number of anilines is 2. The van der Waals surface area contributed by atoms with Crippen molar-refractivity contribution in [2.75, 3.05) is 10.6 Å². The second kappa shape index (κ2) is 5.55. The van der Waals surface area contributed by atoms with E-state index in [4.69, 9.17) is 21.2 Å². The van der Waals surface area contributed by atoms with Gasteiger partial charge < -0.3 is 10.6 Å². The summed E-state index contributed by atoms with van der Waals surface area (Å²) in [5.41, 5.74) is 0. The number of hydrogen-bond donors (Lipinski definition) is 2. The van der Waals surface area contributed by atoms with Gasteiger partial charge in [0.25, 0.3) is 0 Å². The number of alkyl halides is 3. The first kappa shape index (κ1) is 7.32. The predicted molar refractivity (Wildman–Crippen MR) is 62.7 cm³/mol. The summed E-state index contributed by atoms with van der Waals surface area (Å²) in [6.45, 7) is -5.92. The highest BCUT2D eigenvalue weighted by Crippen LogP contribution is 2.22. The average molecular weight is 291 g/mol. The Labute approximate surface area is 117 Å². The van der Waals surface area contributed by atoms with Crippen LogP contribution in [0.2, 0.25) is 5.28 Å². The van der Waals surface area contributed by atoms with Crippen LogP contribution in [-0.4, -0.2) is 33.2 Å². The Morgan fingerprint density at radius 3 is 2.28 bits per heavy atom. The first-order valence-corrected chi connectivity index (χ1v) is 4.88. The van der Waals surface area contributed by atoms with Crippen LogP contribution in [-0.2, 0) is 0 Å². The van der Waals surface area contributed by atoms with Gasteiger partial charge in [-0.05, 0) is 32.2 Å². The van der Waals surface area contributed by atoms with Crippen LogP contribution in [0.25, 0.3) is 0 Å². The van der Waals surface area contributed by atoms with E-state index < -0.39 is 49.1 Å². The van der Waals surface area contributed by atoms with Crippen molar-refractivity contribution in [3.8, 4) is 0 Å². The molecule has 0 amide bonds. The lowest BCUT2D eigenvalue weighted by molar-refractivity contribution is -0.138. The molecule has 1 rings (SSSR count). The molecule has 18 heavy (non-hydrogen) atoms. The van der Waals surface area contributed by atoms with E-state index in [1.54, 1.807) is 5.32 Å². The third-order valence-electron chi connectivity index (χ3n) is 1.68. The number of aromatic nitrogens is 3. The van der Waals surface area contributed by atoms with Crippen molar-refractivity contribution < 1.29 is 22.8 Å². The van der Waals surface area contributed by atoms with Crippen molar-refractivity contribution in [2.24, 2.45) is 0 Å². The fourth-order valence-corrected chi connectivity index (χ4v) is 1.02. The van der Waals surface area contributed by atoms with E-state index >= 15 is 0 Å². The highest BCUT2D eigenvalue weighted by atomic mass is 35.5. The third-order valence-corrected chi connectivity index (χ3v) is 1.85. The summed E-state index contributed by atoms with van der Waals surface area (Å²) >= 11 is 5.54. The van der Waals surface area contributed by atoms with Gasteiger partial charge in [0.05, 0.1) is 1.37 Å². The zero-order valence-electron chi connectivity index (χ0n) is 15.9. The van der Waals surface area contributed by atoms with Gasteiger partial charge in [-0.1, -0.05) is 0 Å². The highest BCUT2D eigenvalue weighted by Gasteiger charge is 2.36. The van der Waals surface area contributed by atoms with Gasteiger partial charge in [-0.2, -0.15) is 28.1 Å². The van der Waals surface area contributed by atoms with Crippen molar-refractivity contribution >= 4 is 23.5 Å². The van der Waals surface area contributed by atoms with Gasteiger partial charge in [-0.15, -0.1) is 0 Å². The van der Waals surface area contributed by atoms with Gasteiger partial charge in [0, 0.05) is 14.2 Å². The predicted octanol–water partition coefficient (Wildman–Crippen LogP) is 2.71. The minimum atomic E-state index is -4.64. The van der Waals surface area contributed by atoms with Gasteiger partial charge >= 0.3 is 6.18 Å². The molecule has 0 aliphatic heterocycles. The van der Waals surface area contributed by atoms with E-state index in [0.717, 1.165) is 6.92 Å². The highest BCUT2D eigenvalue weighted by molar-refractivity contribution is 6.28. The lowest BCUT2D eigenvalue weighted by Crippen LogP contribution is -2.34. The second-order valence-corrected chi connectivity index (χ2v) is 3.50.